The molecule has 1 N–H and O–H groups in total. The summed E-state index contributed by atoms with van der Waals surface area (Å²) in [7, 11) is 1.64. The van der Waals surface area contributed by atoms with Crippen LogP contribution in [0.4, 0.5) is 5.69 Å². The van der Waals surface area contributed by atoms with Gasteiger partial charge in [0.1, 0.15) is 11.8 Å². The fourth-order valence-corrected chi connectivity index (χ4v) is 1.88. The number of halogens is 1. The smallest absolute Gasteiger partial charge is 0.118 e. The molecular weight excluding hydrogens is 260 g/mol. The Morgan fingerprint density at radius 3 is 2.58 bits per heavy atom. The zero-order valence-corrected chi connectivity index (χ0v) is 11.2. The summed E-state index contributed by atoms with van der Waals surface area (Å²) in [5, 5.41) is 12.8. The molecule has 0 spiro atoms. The van der Waals surface area contributed by atoms with Crippen molar-refractivity contribution < 1.29 is 4.74 Å². The highest BCUT2D eigenvalue weighted by molar-refractivity contribution is 6.30. The monoisotopic (exact) mass is 272 g/mol. The van der Waals surface area contributed by atoms with E-state index < -0.39 is 0 Å². The lowest BCUT2D eigenvalue weighted by Crippen LogP contribution is -2.01. The second kappa shape index (κ2) is 6.12. The first kappa shape index (κ1) is 13.3. The Kier molecular flexibility index (Phi) is 4.27. The highest BCUT2D eigenvalue weighted by Crippen LogP contribution is 2.21. The Bertz CT molecular complexity index is 603. The second-order valence-electron chi connectivity index (χ2n) is 4.00. The first-order valence-electron chi connectivity index (χ1n) is 5.79. The summed E-state index contributed by atoms with van der Waals surface area (Å²) in [6.45, 7) is 0.639. The van der Waals surface area contributed by atoms with E-state index in [2.05, 4.69) is 11.4 Å². The van der Waals surface area contributed by atoms with Crippen LogP contribution in [0.3, 0.4) is 0 Å². The molecule has 0 aliphatic heterocycles. The van der Waals surface area contributed by atoms with E-state index in [-0.39, 0.29) is 0 Å². The van der Waals surface area contributed by atoms with Gasteiger partial charge in [0.25, 0.3) is 0 Å². The normalized spacial score (nSPS) is 9.74. The lowest BCUT2D eigenvalue weighted by atomic mass is 10.1. The van der Waals surface area contributed by atoms with Crippen LogP contribution >= 0.6 is 11.6 Å². The zero-order valence-electron chi connectivity index (χ0n) is 10.5. The summed E-state index contributed by atoms with van der Waals surface area (Å²) >= 11 is 5.85. The van der Waals surface area contributed by atoms with Crippen molar-refractivity contribution in [3.63, 3.8) is 0 Å². The zero-order chi connectivity index (χ0) is 13.7. The molecule has 4 heteroatoms. The molecule has 0 radical (unpaired) electrons. The van der Waals surface area contributed by atoms with Crippen LogP contribution in [-0.4, -0.2) is 7.11 Å². The van der Waals surface area contributed by atoms with E-state index in [1.807, 2.05) is 30.3 Å². The molecule has 2 aromatic carbocycles. The first-order valence-corrected chi connectivity index (χ1v) is 6.17. The third-order valence-corrected chi connectivity index (χ3v) is 2.98. The summed E-state index contributed by atoms with van der Waals surface area (Å²) in [6, 6.07) is 15.1. The van der Waals surface area contributed by atoms with Gasteiger partial charge in [-0.25, -0.2) is 0 Å². The molecule has 0 aliphatic rings. The molecule has 0 fully saturated rings. The van der Waals surface area contributed by atoms with Gasteiger partial charge in [0, 0.05) is 11.6 Å². The molecule has 3 nitrogen and oxygen atoms in total. The number of nitrogens with zero attached hydrogens (tertiary/aromatic N) is 1. The van der Waals surface area contributed by atoms with E-state index in [0.29, 0.717) is 17.1 Å². The summed E-state index contributed by atoms with van der Waals surface area (Å²) < 4.78 is 5.10. The molecule has 2 rings (SSSR count). The van der Waals surface area contributed by atoms with Gasteiger partial charge < -0.3 is 10.1 Å². The quantitative estimate of drug-likeness (QED) is 0.920. The van der Waals surface area contributed by atoms with Crippen LogP contribution in [0.1, 0.15) is 11.1 Å². The van der Waals surface area contributed by atoms with Gasteiger partial charge in [0.05, 0.1) is 18.4 Å². The standard InChI is InChI=1S/C15H13ClN2O/c1-19-14-5-2-11(3-6-14)10-18-15-7-4-13(16)8-12(15)9-17/h2-8,18H,10H2,1H3. The van der Waals surface area contributed by atoms with Crippen molar-refractivity contribution in [2.24, 2.45) is 0 Å². The maximum atomic E-state index is 9.04. The molecule has 0 aromatic heterocycles. The minimum absolute atomic E-state index is 0.543. The predicted molar refractivity (Wildman–Crippen MR) is 76.5 cm³/mol. The van der Waals surface area contributed by atoms with Crippen LogP contribution in [0.2, 0.25) is 5.02 Å². The average molecular weight is 273 g/mol. The minimum atomic E-state index is 0.543. The van der Waals surface area contributed by atoms with Crippen LogP contribution in [0, 0.1) is 11.3 Å². The lowest BCUT2D eigenvalue weighted by molar-refractivity contribution is 0.414. The number of hydrogen-bond acceptors (Lipinski definition) is 3. The molecule has 0 saturated carbocycles. The maximum absolute atomic E-state index is 9.04. The van der Waals surface area contributed by atoms with Crippen molar-refractivity contribution in [2.75, 3.05) is 12.4 Å². The third-order valence-electron chi connectivity index (χ3n) is 2.74. The molecule has 0 saturated heterocycles. The average Bonchev–Trinajstić information content (AvgIpc) is 2.46. The largest absolute Gasteiger partial charge is 0.497 e. The highest BCUT2D eigenvalue weighted by Gasteiger charge is 2.02. The summed E-state index contributed by atoms with van der Waals surface area (Å²) in [5.41, 5.74) is 2.43. The summed E-state index contributed by atoms with van der Waals surface area (Å²) in [6.07, 6.45) is 0. The maximum Gasteiger partial charge on any atom is 0.118 e. The van der Waals surface area contributed by atoms with E-state index in [1.54, 1.807) is 19.2 Å². The summed E-state index contributed by atoms with van der Waals surface area (Å²) in [4.78, 5) is 0. The number of rotatable bonds is 4. The fourth-order valence-electron chi connectivity index (χ4n) is 1.70. The highest BCUT2D eigenvalue weighted by atomic mass is 35.5. The van der Waals surface area contributed by atoms with Crippen molar-refractivity contribution in [2.45, 2.75) is 6.54 Å². The molecule has 96 valence electrons. The van der Waals surface area contributed by atoms with Gasteiger partial charge in [-0.2, -0.15) is 5.26 Å². The number of benzene rings is 2. The lowest BCUT2D eigenvalue weighted by Gasteiger charge is -2.09. The fraction of sp³-hybridized carbons (Fsp3) is 0.133. The minimum Gasteiger partial charge on any atom is -0.497 e. The molecule has 0 unspecified atom stereocenters. The van der Waals surface area contributed by atoms with Crippen LogP contribution in [-0.2, 0) is 6.54 Å². The number of hydrogen-bond donors (Lipinski definition) is 1. The second-order valence-corrected chi connectivity index (χ2v) is 4.44. The van der Waals surface area contributed by atoms with E-state index in [0.717, 1.165) is 17.0 Å². The van der Waals surface area contributed by atoms with Crippen LogP contribution < -0.4 is 10.1 Å². The first-order chi connectivity index (χ1) is 9.22. The van der Waals surface area contributed by atoms with E-state index >= 15 is 0 Å². The van der Waals surface area contributed by atoms with Crippen LogP contribution in [0.5, 0.6) is 5.75 Å². The molecule has 2 aromatic rings. The SMILES string of the molecule is COc1ccc(CNc2ccc(Cl)cc2C#N)cc1. The number of anilines is 1. The Morgan fingerprint density at radius 2 is 1.95 bits per heavy atom. The van der Waals surface area contributed by atoms with Crippen LogP contribution in [0.15, 0.2) is 42.5 Å². The van der Waals surface area contributed by atoms with Gasteiger partial charge in [-0.15, -0.1) is 0 Å². The van der Waals surface area contributed by atoms with Gasteiger partial charge in [-0.3, -0.25) is 0 Å². The molecule has 0 atom stereocenters. The number of ether oxygens (including phenoxy) is 1. The number of nitriles is 1. The van der Waals surface area contributed by atoms with E-state index in [4.69, 9.17) is 21.6 Å². The Hall–Kier alpha value is -2.18. The Labute approximate surface area is 117 Å². The molecule has 0 bridgehead atoms. The molecule has 0 amide bonds. The topological polar surface area (TPSA) is 45.0 Å². The van der Waals surface area contributed by atoms with Crippen molar-refractivity contribution in [1.82, 2.24) is 0 Å². The molecule has 19 heavy (non-hydrogen) atoms. The van der Waals surface area contributed by atoms with E-state index in [9.17, 15) is 0 Å². The molecule has 0 aliphatic carbocycles. The Balaban J connectivity index is 2.08. The van der Waals surface area contributed by atoms with Crippen molar-refractivity contribution in [3.8, 4) is 11.8 Å². The van der Waals surface area contributed by atoms with E-state index in [1.165, 1.54) is 0 Å². The molecular formula is C15H13ClN2O. The number of methoxy groups -OCH3 is 1. The number of nitrogens with one attached hydrogen (secondary N) is 1. The third kappa shape index (κ3) is 3.40. The summed E-state index contributed by atoms with van der Waals surface area (Å²) in [5.74, 6) is 0.827. The van der Waals surface area contributed by atoms with Crippen LogP contribution in [0.25, 0.3) is 0 Å². The van der Waals surface area contributed by atoms with Crippen molar-refractivity contribution in [3.05, 3.63) is 58.6 Å². The molecule has 0 heterocycles. The van der Waals surface area contributed by atoms with Gasteiger partial charge in [0.15, 0.2) is 0 Å². The Morgan fingerprint density at radius 1 is 1.21 bits per heavy atom. The van der Waals surface area contributed by atoms with Crippen molar-refractivity contribution in [1.29, 1.82) is 5.26 Å². The predicted octanol–water partition coefficient (Wildman–Crippen LogP) is 3.83. The van der Waals surface area contributed by atoms with Gasteiger partial charge in [-0.05, 0) is 35.9 Å². The van der Waals surface area contributed by atoms with Gasteiger partial charge in [0.2, 0.25) is 0 Å². The van der Waals surface area contributed by atoms with Gasteiger partial charge in [-0.1, -0.05) is 23.7 Å². The van der Waals surface area contributed by atoms with Gasteiger partial charge >= 0.3 is 0 Å². The van der Waals surface area contributed by atoms with Crippen molar-refractivity contribution >= 4 is 17.3 Å².